The lowest BCUT2D eigenvalue weighted by atomic mass is 10.2. The number of nitrogens with one attached hydrogen (secondary N) is 2. The van der Waals surface area contributed by atoms with E-state index in [2.05, 4.69) is 20.3 Å². The largest absolute Gasteiger partial charge is 0.446 e. The molecule has 0 saturated carbocycles. The van der Waals surface area contributed by atoms with Gasteiger partial charge in [-0.15, -0.1) is 0 Å². The minimum atomic E-state index is -0.487. The maximum Gasteiger partial charge on any atom is 0.411 e. The summed E-state index contributed by atoms with van der Waals surface area (Å²) in [5.74, 6) is 0.743. The molecule has 1 amide bonds. The van der Waals surface area contributed by atoms with Gasteiger partial charge in [0.05, 0.1) is 11.9 Å². The summed E-state index contributed by atoms with van der Waals surface area (Å²) in [5, 5.41) is 2.67. The number of aromatic nitrogens is 3. The first-order valence-electron chi connectivity index (χ1n) is 7.54. The third-order valence-electron chi connectivity index (χ3n) is 3.51. The normalized spacial score (nSPS) is 12.1. The predicted molar refractivity (Wildman–Crippen MR) is 89.2 cm³/mol. The smallest absolute Gasteiger partial charge is 0.411 e. The molecule has 118 valence electrons. The molecule has 1 atom stereocenters. The number of benzene rings is 1. The van der Waals surface area contributed by atoms with Crippen molar-refractivity contribution >= 4 is 22.9 Å². The summed E-state index contributed by atoms with van der Waals surface area (Å²) in [7, 11) is 0. The fourth-order valence-corrected chi connectivity index (χ4v) is 2.11. The highest BCUT2D eigenvalue weighted by molar-refractivity contribution is 5.87. The Morgan fingerprint density at radius 2 is 2.13 bits per heavy atom. The molecule has 1 unspecified atom stereocenters. The van der Waals surface area contributed by atoms with Crippen molar-refractivity contribution in [2.24, 2.45) is 0 Å². The van der Waals surface area contributed by atoms with E-state index in [-0.39, 0.29) is 6.10 Å². The maximum atomic E-state index is 11.8. The van der Waals surface area contributed by atoms with Crippen LogP contribution in [-0.4, -0.2) is 27.1 Å². The number of rotatable bonds is 4. The molecular weight excluding hydrogens is 292 g/mol. The number of carbonyl (C=O) groups is 1. The molecule has 3 rings (SSSR count). The molecule has 3 aromatic rings. The Morgan fingerprint density at radius 1 is 1.35 bits per heavy atom. The van der Waals surface area contributed by atoms with E-state index in [1.807, 2.05) is 44.2 Å². The number of aromatic amines is 1. The van der Waals surface area contributed by atoms with Gasteiger partial charge in [0.1, 0.15) is 17.4 Å². The van der Waals surface area contributed by atoms with Crippen molar-refractivity contribution in [3.05, 3.63) is 42.6 Å². The van der Waals surface area contributed by atoms with Crippen LogP contribution >= 0.6 is 0 Å². The Hall–Kier alpha value is -2.89. The Labute approximate surface area is 133 Å². The van der Waals surface area contributed by atoms with Crippen molar-refractivity contribution in [2.75, 3.05) is 5.32 Å². The molecule has 0 radical (unpaired) electrons. The second-order valence-electron chi connectivity index (χ2n) is 5.29. The van der Waals surface area contributed by atoms with Crippen molar-refractivity contribution in [3.8, 4) is 11.4 Å². The van der Waals surface area contributed by atoms with Gasteiger partial charge in [-0.2, -0.15) is 0 Å². The molecule has 2 N–H and O–H groups in total. The average Bonchev–Trinajstić information content (AvgIpc) is 2.98. The molecule has 0 aliphatic rings. The molecule has 6 heteroatoms. The second-order valence-corrected chi connectivity index (χ2v) is 5.29. The number of hydrogen-bond acceptors (Lipinski definition) is 4. The van der Waals surface area contributed by atoms with E-state index in [0.717, 1.165) is 17.8 Å². The summed E-state index contributed by atoms with van der Waals surface area (Å²) in [6.07, 6.45) is 1.73. The first-order chi connectivity index (χ1) is 11.2. The zero-order valence-electron chi connectivity index (χ0n) is 13.0. The topological polar surface area (TPSA) is 79.9 Å². The molecule has 0 aliphatic heterocycles. The van der Waals surface area contributed by atoms with Gasteiger partial charge in [0.25, 0.3) is 0 Å². The van der Waals surface area contributed by atoms with E-state index in [0.29, 0.717) is 16.9 Å². The van der Waals surface area contributed by atoms with Gasteiger partial charge in [-0.05, 0) is 19.4 Å². The summed E-state index contributed by atoms with van der Waals surface area (Å²) in [6.45, 7) is 3.81. The molecule has 23 heavy (non-hydrogen) atoms. The monoisotopic (exact) mass is 310 g/mol. The number of imidazole rings is 1. The summed E-state index contributed by atoms with van der Waals surface area (Å²) in [4.78, 5) is 23.7. The van der Waals surface area contributed by atoms with Crippen LogP contribution in [0.15, 0.2) is 42.6 Å². The van der Waals surface area contributed by atoms with Crippen molar-refractivity contribution < 1.29 is 9.53 Å². The first kappa shape index (κ1) is 15.0. The molecular formula is C17H18N4O2. The Bertz CT molecular complexity index is 814. The number of anilines is 1. The van der Waals surface area contributed by atoms with E-state index in [4.69, 9.17) is 4.74 Å². The highest BCUT2D eigenvalue weighted by Crippen LogP contribution is 2.21. The summed E-state index contributed by atoms with van der Waals surface area (Å²) in [5.41, 5.74) is 2.89. The van der Waals surface area contributed by atoms with Crippen LogP contribution in [0.2, 0.25) is 0 Å². The van der Waals surface area contributed by atoms with E-state index in [1.54, 1.807) is 12.3 Å². The van der Waals surface area contributed by atoms with Crippen LogP contribution < -0.4 is 5.32 Å². The quantitative estimate of drug-likeness (QED) is 0.764. The van der Waals surface area contributed by atoms with Crippen molar-refractivity contribution in [3.63, 3.8) is 0 Å². The summed E-state index contributed by atoms with van der Waals surface area (Å²) in [6, 6.07) is 11.6. The number of pyridine rings is 1. The molecule has 0 bridgehead atoms. The van der Waals surface area contributed by atoms with E-state index in [1.165, 1.54) is 0 Å². The molecule has 0 saturated heterocycles. The number of ether oxygens (including phenoxy) is 1. The molecule has 1 aromatic carbocycles. The van der Waals surface area contributed by atoms with Crippen molar-refractivity contribution in [1.82, 2.24) is 15.0 Å². The molecule has 2 aromatic heterocycles. The number of H-pyrrole nitrogens is 1. The van der Waals surface area contributed by atoms with Crippen LogP contribution in [0.3, 0.4) is 0 Å². The molecule has 2 heterocycles. The maximum absolute atomic E-state index is 11.8. The fourth-order valence-electron chi connectivity index (χ4n) is 2.11. The Balaban J connectivity index is 1.81. The SMILES string of the molecule is CCC(C)OC(=O)Nc1cnc2[nH]c(-c3ccccc3)nc2c1. The van der Waals surface area contributed by atoms with Crippen molar-refractivity contribution in [2.45, 2.75) is 26.4 Å². The predicted octanol–water partition coefficient (Wildman–Crippen LogP) is 3.97. The standard InChI is InChI=1S/C17H18N4O2/c1-3-11(2)23-17(22)19-13-9-14-16(18-10-13)21-15(20-14)12-7-5-4-6-8-12/h4-11H,3H2,1-2H3,(H,19,22)(H,18,20,21). The highest BCUT2D eigenvalue weighted by Gasteiger charge is 2.10. The zero-order valence-corrected chi connectivity index (χ0v) is 13.0. The molecule has 6 nitrogen and oxygen atoms in total. The van der Waals surface area contributed by atoms with Gasteiger partial charge in [-0.3, -0.25) is 5.32 Å². The number of carbonyl (C=O) groups excluding carboxylic acids is 1. The van der Waals surface area contributed by atoms with Gasteiger partial charge >= 0.3 is 6.09 Å². The highest BCUT2D eigenvalue weighted by atomic mass is 16.6. The lowest BCUT2D eigenvalue weighted by Crippen LogP contribution is -2.19. The third kappa shape index (κ3) is 3.48. The van der Waals surface area contributed by atoms with Gasteiger partial charge in [0.2, 0.25) is 0 Å². The molecule has 0 aliphatic carbocycles. The molecule has 0 spiro atoms. The summed E-state index contributed by atoms with van der Waals surface area (Å²) >= 11 is 0. The minimum Gasteiger partial charge on any atom is -0.446 e. The van der Waals surface area contributed by atoms with E-state index < -0.39 is 6.09 Å². The fraction of sp³-hybridized carbons (Fsp3) is 0.235. The van der Waals surface area contributed by atoms with Crippen LogP contribution in [0.4, 0.5) is 10.5 Å². The van der Waals surface area contributed by atoms with Gasteiger partial charge in [-0.1, -0.05) is 37.3 Å². The summed E-state index contributed by atoms with van der Waals surface area (Å²) < 4.78 is 5.18. The van der Waals surface area contributed by atoms with Gasteiger partial charge in [-0.25, -0.2) is 14.8 Å². The zero-order chi connectivity index (χ0) is 16.2. The average molecular weight is 310 g/mol. The number of fused-ring (bicyclic) bond motifs is 1. The Morgan fingerprint density at radius 3 is 2.87 bits per heavy atom. The van der Waals surface area contributed by atoms with Crippen molar-refractivity contribution in [1.29, 1.82) is 0 Å². The minimum absolute atomic E-state index is 0.123. The van der Waals surface area contributed by atoms with Crippen LogP contribution in [0.5, 0.6) is 0 Å². The Kier molecular flexibility index (Phi) is 4.23. The lowest BCUT2D eigenvalue weighted by molar-refractivity contribution is 0.118. The number of nitrogens with zero attached hydrogens (tertiary/aromatic N) is 2. The first-order valence-corrected chi connectivity index (χ1v) is 7.54. The van der Waals surface area contributed by atoms with Gasteiger partial charge in [0.15, 0.2) is 5.65 Å². The van der Waals surface area contributed by atoms with E-state index >= 15 is 0 Å². The van der Waals surface area contributed by atoms with Crippen LogP contribution in [0.1, 0.15) is 20.3 Å². The number of amides is 1. The van der Waals surface area contributed by atoms with Crippen LogP contribution in [0, 0.1) is 0 Å². The lowest BCUT2D eigenvalue weighted by Gasteiger charge is -2.11. The molecule has 0 fully saturated rings. The van der Waals surface area contributed by atoms with Crippen LogP contribution in [-0.2, 0) is 4.74 Å². The van der Waals surface area contributed by atoms with Gasteiger partial charge < -0.3 is 9.72 Å². The van der Waals surface area contributed by atoms with Gasteiger partial charge in [0, 0.05) is 5.56 Å². The second kappa shape index (κ2) is 6.48. The third-order valence-corrected chi connectivity index (χ3v) is 3.51. The van der Waals surface area contributed by atoms with E-state index in [9.17, 15) is 4.79 Å². The van der Waals surface area contributed by atoms with Crippen LogP contribution in [0.25, 0.3) is 22.6 Å². The number of hydrogen-bond donors (Lipinski definition) is 2.